The van der Waals surface area contributed by atoms with Crippen molar-refractivity contribution in [3.05, 3.63) is 51.8 Å². The van der Waals surface area contributed by atoms with Gasteiger partial charge in [-0.05, 0) is 31.4 Å². The van der Waals surface area contributed by atoms with Gasteiger partial charge in [0, 0.05) is 30.8 Å². The number of alkyl halides is 3. The topological polar surface area (TPSA) is 71.8 Å². The Kier molecular flexibility index (Phi) is 6.22. The van der Waals surface area contributed by atoms with Gasteiger partial charge in [0.2, 0.25) is 0 Å². The van der Waals surface area contributed by atoms with E-state index >= 15 is 0 Å². The van der Waals surface area contributed by atoms with Crippen molar-refractivity contribution in [1.29, 1.82) is 0 Å². The molecule has 11 heteroatoms. The van der Waals surface area contributed by atoms with Crippen LogP contribution in [0.2, 0.25) is 5.02 Å². The van der Waals surface area contributed by atoms with Crippen molar-refractivity contribution in [2.24, 2.45) is 0 Å². The fraction of sp³-hybridized carbons (Fsp3) is 0.435. The van der Waals surface area contributed by atoms with Crippen molar-refractivity contribution >= 4 is 23.2 Å². The molecule has 1 aliphatic carbocycles. The van der Waals surface area contributed by atoms with Gasteiger partial charge in [0.25, 0.3) is 5.91 Å². The number of carbonyl (C=O) groups is 1. The molecule has 0 saturated carbocycles. The molecule has 0 unspecified atom stereocenters. The van der Waals surface area contributed by atoms with Crippen LogP contribution in [0.25, 0.3) is 16.9 Å². The number of hydrogen-bond donors (Lipinski definition) is 1. The molecule has 34 heavy (non-hydrogen) atoms. The standard InChI is InChI=1S/C23H23ClF3N5O2/c24-17-19(22(33)28-8-3-9-31-10-12-34-13-11-31)30-32-20(23(25,26)27)16-7-6-14-4-1-2-5-15(14)18(16)29-21(17)32/h1-2,4-5H,3,6-13H2,(H,28,33). The number of halogens is 4. The molecule has 7 nitrogen and oxygen atoms in total. The summed E-state index contributed by atoms with van der Waals surface area (Å²) in [5.41, 5.74) is 0.494. The summed E-state index contributed by atoms with van der Waals surface area (Å²) >= 11 is 6.38. The minimum absolute atomic E-state index is 0.0651. The lowest BCUT2D eigenvalue weighted by molar-refractivity contribution is -0.143. The zero-order valence-electron chi connectivity index (χ0n) is 18.3. The Labute approximate surface area is 198 Å². The van der Waals surface area contributed by atoms with Crippen LogP contribution in [0.5, 0.6) is 0 Å². The molecule has 0 atom stereocenters. The summed E-state index contributed by atoms with van der Waals surface area (Å²) in [5.74, 6) is -0.621. The average molecular weight is 494 g/mol. The molecule has 3 aromatic rings. The van der Waals surface area contributed by atoms with Crippen molar-refractivity contribution in [2.75, 3.05) is 39.4 Å². The predicted molar refractivity (Wildman–Crippen MR) is 120 cm³/mol. The van der Waals surface area contributed by atoms with Gasteiger partial charge in [0.15, 0.2) is 17.0 Å². The van der Waals surface area contributed by atoms with Gasteiger partial charge in [-0.25, -0.2) is 9.50 Å². The Hall–Kier alpha value is -2.69. The normalized spacial score (nSPS) is 16.4. The number of morpholine rings is 1. The first-order valence-electron chi connectivity index (χ1n) is 11.2. The lowest BCUT2D eigenvalue weighted by atomic mass is 9.88. The lowest BCUT2D eigenvalue weighted by Gasteiger charge is -2.26. The van der Waals surface area contributed by atoms with E-state index in [4.69, 9.17) is 16.3 Å². The molecule has 1 aliphatic heterocycles. The Morgan fingerprint density at radius 3 is 2.71 bits per heavy atom. The first-order chi connectivity index (χ1) is 16.3. The SMILES string of the molecule is O=C(NCCCN1CCOCC1)c1nn2c(C(F)(F)F)c3c(nc2c1Cl)-c1ccccc1CC3. The molecular formula is C23H23ClF3N5O2. The van der Waals surface area contributed by atoms with E-state index in [2.05, 4.69) is 20.3 Å². The number of nitrogens with zero attached hydrogens (tertiary/aromatic N) is 4. The number of hydrogen-bond acceptors (Lipinski definition) is 5. The monoisotopic (exact) mass is 493 g/mol. The van der Waals surface area contributed by atoms with E-state index in [1.807, 2.05) is 12.1 Å². The van der Waals surface area contributed by atoms with Crippen LogP contribution in [0.1, 0.15) is 33.7 Å². The van der Waals surface area contributed by atoms with Gasteiger partial charge in [0.1, 0.15) is 5.02 Å². The minimum atomic E-state index is -4.70. The molecule has 0 radical (unpaired) electrons. The van der Waals surface area contributed by atoms with Crippen molar-refractivity contribution in [1.82, 2.24) is 24.8 Å². The van der Waals surface area contributed by atoms with Crippen LogP contribution in [0.15, 0.2) is 24.3 Å². The number of nitrogens with one attached hydrogen (secondary N) is 1. The number of aromatic nitrogens is 3. The molecule has 0 bridgehead atoms. The lowest BCUT2D eigenvalue weighted by Crippen LogP contribution is -2.38. The highest BCUT2D eigenvalue weighted by atomic mass is 35.5. The van der Waals surface area contributed by atoms with Gasteiger partial charge in [0.05, 0.1) is 18.9 Å². The van der Waals surface area contributed by atoms with Crippen LogP contribution >= 0.6 is 11.6 Å². The van der Waals surface area contributed by atoms with E-state index in [-0.39, 0.29) is 34.0 Å². The number of carbonyl (C=O) groups excluding carboxylic acids is 1. The minimum Gasteiger partial charge on any atom is -0.379 e. The fourth-order valence-electron chi connectivity index (χ4n) is 4.59. The van der Waals surface area contributed by atoms with Crippen molar-refractivity contribution < 1.29 is 22.7 Å². The Morgan fingerprint density at radius 1 is 1.18 bits per heavy atom. The van der Waals surface area contributed by atoms with Crippen LogP contribution in [0, 0.1) is 0 Å². The summed E-state index contributed by atoms with van der Waals surface area (Å²) in [6.45, 7) is 4.19. The van der Waals surface area contributed by atoms with Crippen LogP contribution in [-0.2, 0) is 23.8 Å². The van der Waals surface area contributed by atoms with E-state index in [9.17, 15) is 18.0 Å². The maximum absolute atomic E-state index is 14.2. The van der Waals surface area contributed by atoms with Crippen LogP contribution < -0.4 is 5.32 Å². The maximum atomic E-state index is 14.2. The first kappa shape index (κ1) is 23.1. The highest BCUT2D eigenvalue weighted by Crippen LogP contribution is 2.41. The third-order valence-electron chi connectivity index (χ3n) is 6.25. The third-order valence-corrected chi connectivity index (χ3v) is 6.59. The molecule has 5 rings (SSSR count). The van der Waals surface area contributed by atoms with Gasteiger partial charge in [-0.2, -0.15) is 18.3 Å². The summed E-state index contributed by atoms with van der Waals surface area (Å²) < 4.78 is 48.6. The Morgan fingerprint density at radius 2 is 1.94 bits per heavy atom. The second-order valence-electron chi connectivity index (χ2n) is 8.40. The summed E-state index contributed by atoms with van der Waals surface area (Å²) in [4.78, 5) is 19.4. The first-order valence-corrected chi connectivity index (χ1v) is 11.6. The number of aryl methyl sites for hydroxylation is 1. The third kappa shape index (κ3) is 4.25. The van der Waals surface area contributed by atoms with E-state index in [1.165, 1.54) is 0 Å². The van der Waals surface area contributed by atoms with Gasteiger partial charge in [-0.15, -0.1) is 0 Å². The van der Waals surface area contributed by atoms with E-state index in [0.29, 0.717) is 42.7 Å². The molecule has 1 fully saturated rings. The molecule has 180 valence electrons. The van der Waals surface area contributed by atoms with Gasteiger partial charge >= 0.3 is 6.18 Å². The number of benzene rings is 1. The molecule has 1 aromatic carbocycles. The number of rotatable bonds is 5. The molecular weight excluding hydrogens is 471 g/mol. The highest BCUT2D eigenvalue weighted by molar-refractivity contribution is 6.36. The molecule has 2 aromatic heterocycles. The van der Waals surface area contributed by atoms with Crippen molar-refractivity contribution in [3.8, 4) is 11.3 Å². The summed E-state index contributed by atoms with van der Waals surface area (Å²) in [5, 5.41) is 6.50. The molecule has 1 N–H and O–H groups in total. The average Bonchev–Trinajstić information content (AvgIpc) is 3.16. The van der Waals surface area contributed by atoms with Gasteiger partial charge < -0.3 is 10.1 Å². The molecule has 3 heterocycles. The number of ether oxygens (including phenoxy) is 1. The van der Waals surface area contributed by atoms with Crippen molar-refractivity contribution in [2.45, 2.75) is 25.4 Å². The quantitative estimate of drug-likeness (QED) is 0.550. The van der Waals surface area contributed by atoms with Gasteiger partial charge in [-0.3, -0.25) is 9.69 Å². The van der Waals surface area contributed by atoms with Crippen LogP contribution in [0.4, 0.5) is 13.2 Å². The summed E-state index contributed by atoms with van der Waals surface area (Å²) in [7, 11) is 0. The maximum Gasteiger partial charge on any atom is 0.433 e. The van der Waals surface area contributed by atoms with E-state index in [0.717, 1.165) is 25.2 Å². The fourth-order valence-corrected chi connectivity index (χ4v) is 4.84. The molecule has 0 spiro atoms. The Bertz CT molecular complexity index is 1240. The van der Waals surface area contributed by atoms with E-state index < -0.39 is 17.8 Å². The summed E-state index contributed by atoms with van der Waals surface area (Å²) in [6, 6.07) is 7.25. The molecule has 1 amide bonds. The Balaban J connectivity index is 1.46. The molecule has 1 saturated heterocycles. The largest absolute Gasteiger partial charge is 0.433 e. The smallest absolute Gasteiger partial charge is 0.379 e. The number of amides is 1. The van der Waals surface area contributed by atoms with Crippen LogP contribution in [0.3, 0.4) is 0 Å². The number of fused-ring (bicyclic) bond motifs is 4. The highest BCUT2D eigenvalue weighted by Gasteiger charge is 2.41. The second-order valence-corrected chi connectivity index (χ2v) is 8.78. The molecule has 2 aliphatic rings. The predicted octanol–water partition coefficient (Wildman–Crippen LogP) is 3.62. The van der Waals surface area contributed by atoms with Gasteiger partial charge in [-0.1, -0.05) is 35.9 Å². The van der Waals surface area contributed by atoms with Crippen LogP contribution in [-0.4, -0.2) is 64.8 Å². The van der Waals surface area contributed by atoms with Crippen molar-refractivity contribution in [3.63, 3.8) is 0 Å². The zero-order chi connectivity index (χ0) is 23.9. The summed E-state index contributed by atoms with van der Waals surface area (Å²) in [6.07, 6.45) is -3.37. The second kappa shape index (κ2) is 9.16. The van der Waals surface area contributed by atoms with E-state index in [1.54, 1.807) is 12.1 Å². The zero-order valence-corrected chi connectivity index (χ0v) is 19.0.